The lowest BCUT2D eigenvalue weighted by Crippen LogP contribution is -2.18. The fraction of sp³-hybridized carbons (Fsp3) is 0.250. The predicted octanol–water partition coefficient (Wildman–Crippen LogP) is 5.03. The molecule has 0 unspecified atom stereocenters. The van der Waals surface area contributed by atoms with E-state index >= 15 is 0 Å². The van der Waals surface area contributed by atoms with Crippen LogP contribution in [0.15, 0.2) is 42.7 Å². The number of amides is 2. The molecule has 224 valence electrons. The molecule has 0 radical (unpaired) electrons. The van der Waals surface area contributed by atoms with Crippen molar-refractivity contribution in [3.63, 3.8) is 0 Å². The molecule has 0 atom stereocenters. The van der Waals surface area contributed by atoms with Gasteiger partial charge in [-0.1, -0.05) is 6.07 Å². The van der Waals surface area contributed by atoms with E-state index in [0.717, 1.165) is 11.3 Å². The van der Waals surface area contributed by atoms with Crippen molar-refractivity contribution in [2.24, 2.45) is 5.73 Å². The van der Waals surface area contributed by atoms with Crippen LogP contribution in [0.5, 0.6) is 17.2 Å². The zero-order valence-corrected chi connectivity index (χ0v) is 24.4. The van der Waals surface area contributed by atoms with Crippen molar-refractivity contribution >= 4 is 39.1 Å². The second kappa shape index (κ2) is 12.1. The predicted molar refractivity (Wildman–Crippen MR) is 155 cm³/mol. The van der Waals surface area contributed by atoms with Crippen LogP contribution in [0.25, 0.3) is 21.3 Å². The van der Waals surface area contributed by atoms with Gasteiger partial charge in [-0.3, -0.25) is 14.3 Å². The molecule has 5 aromatic rings. The second-order valence-electron chi connectivity index (χ2n) is 9.17. The Labute approximate surface area is 248 Å². The Hall–Kier alpha value is -5.05. The number of primary amides is 1. The zero-order valence-electron chi connectivity index (χ0n) is 23.6. The SMILES string of the molecule is CCn1ncc(-c2cc(C(F)F)nc3sc(C(N)=O)c(NC(=O)c4ccn(COc5c(OC)cccc5OC)n4)c23)c1C. The van der Waals surface area contributed by atoms with Crippen molar-refractivity contribution in [1.29, 1.82) is 0 Å². The first kappa shape index (κ1) is 29.4. The Morgan fingerprint density at radius 3 is 2.47 bits per heavy atom. The Balaban J connectivity index is 1.50. The summed E-state index contributed by atoms with van der Waals surface area (Å²) >= 11 is 0.816. The number of halogens is 2. The molecule has 1 aromatic carbocycles. The number of rotatable bonds is 11. The summed E-state index contributed by atoms with van der Waals surface area (Å²) in [5.74, 6) is -0.261. The fourth-order valence-electron chi connectivity index (χ4n) is 4.59. The van der Waals surface area contributed by atoms with Crippen molar-refractivity contribution in [1.82, 2.24) is 24.5 Å². The fourth-order valence-corrected chi connectivity index (χ4v) is 5.60. The number of aryl methyl sites for hydroxylation is 1. The molecule has 0 fully saturated rings. The van der Waals surface area contributed by atoms with Crippen molar-refractivity contribution < 1.29 is 32.6 Å². The maximum Gasteiger partial charge on any atom is 0.280 e. The highest BCUT2D eigenvalue weighted by Gasteiger charge is 2.27. The first-order valence-corrected chi connectivity index (χ1v) is 13.7. The minimum absolute atomic E-state index is 0.000875. The third-order valence-corrected chi connectivity index (χ3v) is 7.76. The van der Waals surface area contributed by atoms with Crippen LogP contribution in [0.2, 0.25) is 0 Å². The third kappa shape index (κ3) is 5.58. The molecule has 43 heavy (non-hydrogen) atoms. The lowest BCUT2D eigenvalue weighted by atomic mass is 10.0. The largest absolute Gasteiger partial charge is 0.493 e. The van der Waals surface area contributed by atoms with E-state index < -0.39 is 23.9 Å². The first-order chi connectivity index (χ1) is 20.7. The number of anilines is 1. The second-order valence-corrected chi connectivity index (χ2v) is 10.2. The summed E-state index contributed by atoms with van der Waals surface area (Å²) < 4.78 is 47.3. The number of ether oxygens (including phenoxy) is 3. The molecule has 12 nitrogen and oxygen atoms in total. The molecule has 0 spiro atoms. The first-order valence-electron chi connectivity index (χ1n) is 12.9. The van der Waals surface area contributed by atoms with Crippen molar-refractivity contribution in [3.8, 4) is 28.4 Å². The van der Waals surface area contributed by atoms with Gasteiger partial charge in [-0.2, -0.15) is 10.2 Å². The van der Waals surface area contributed by atoms with E-state index in [1.165, 1.54) is 37.2 Å². The van der Waals surface area contributed by atoms with Gasteiger partial charge in [0.05, 0.1) is 26.1 Å². The van der Waals surface area contributed by atoms with Gasteiger partial charge >= 0.3 is 0 Å². The highest BCUT2D eigenvalue weighted by Crippen LogP contribution is 2.43. The minimum Gasteiger partial charge on any atom is -0.493 e. The summed E-state index contributed by atoms with van der Waals surface area (Å²) in [5, 5.41) is 11.6. The van der Waals surface area contributed by atoms with Gasteiger partial charge in [0.2, 0.25) is 5.75 Å². The van der Waals surface area contributed by atoms with Gasteiger partial charge in [0.15, 0.2) is 23.9 Å². The van der Waals surface area contributed by atoms with Gasteiger partial charge in [0, 0.05) is 29.4 Å². The van der Waals surface area contributed by atoms with Crippen molar-refractivity contribution in [2.75, 3.05) is 19.5 Å². The van der Waals surface area contributed by atoms with Gasteiger partial charge < -0.3 is 25.3 Å². The molecule has 4 aromatic heterocycles. The number of methoxy groups -OCH3 is 2. The quantitative estimate of drug-likeness (QED) is 0.211. The molecule has 2 amide bonds. The number of benzene rings is 1. The maximum atomic E-state index is 13.8. The summed E-state index contributed by atoms with van der Waals surface area (Å²) in [5.41, 5.74) is 6.82. The van der Waals surface area contributed by atoms with Crippen LogP contribution in [0.4, 0.5) is 14.5 Å². The number of alkyl halides is 2. The molecular formula is C28H27F2N7O5S. The van der Waals surface area contributed by atoms with Gasteiger partial charge in [-0.15, -0.1) is 11.3 Å². The van der Waals surface area contributed by atoms with Crippen LogP contribution >= 0.6 is 11.3 Å². The molecule has 4 heterocycles. The molecule has 0 saturated heterocycles. The molecule has 0 aliphatic heterocycles. The number of para-hydroxylation sites is 1. The molecule has 0 aliphatic carbocycles. The summed E-state index contributed by atoms with van der Waals surface area (Å²) in [6.07, 6.45) is 0.208. The van der Waals surface area contributed by atoms with Crippen LogP contribution < -0.4 is 25.3 Å². The van der Waals surface area contributed by atoms with E-state index in [1.54, 1.807) is 36.0 Å². The average Bonchev–Trinajstić information content (AvgIpc) is 3.72. The van der Waals surface area contributed by atoms with Crippen LogP contribution in [-0.4, -0.2) is 50.6 Å². The van der Waals surface area contributed by atoms with Crippen LogP contribution in [0, 0.1) is 6.92 Å². The summed E-state index contributed by atoms with van der Waals surface area (Å²) in [7, 11) is 3.00. The summed E-state index contributed by atoms with van der Waals surface area (Å²) in [4.78, 5) is 30.0. The Morgan fingerprint density at radius 1 is 1.14 bits per heavy atom. The number of fused-ring (bicyclic) bond motifs is 1. The van der Waals surface area contributed by atoms with Gasteiger partial charge in [0.25, 0.3) is 18.2 Å². The number of nitrogens with one attached hydrogen (secondary N) is 1. The number of aromatic nitrogens is 5. The standard InChI is InChI=1S/C28H27F2N7O5S/c1-5-37-14(2)16(12-32-37)15-11-18(25(29)30)33-28-21(15)22(24(43-28)26(31)38)34-27(39)17-9-10-36(35-17)13-42-23-19(40-3)7-6-8-20(23)41-4/h6-12,25H,5,13H2,1-4H3,(H2,31,38)(H,34,39). The molecule has 0 aliphatic rings. The van der Waals surface area contributed by atoms with Crippen LogP contribution in [0.3, 0.4) is 0 Å². The maximum absolute atomic E-state index is 13.8. The highest BCUT2D eigenvalue weighted by atomic mass is 32.1. The average molecular weight is 612 g/mol. The Kier molecular flexibility index (Phi) is 8.25. The van der Waals surface area contributed by atoms with E-state index in [9.17, 15) is 18.4 Å². The number of hydrogen-bond donors (Lipinski definition) is 2. The van der Waals surface area contributed by atoms with Gasteiger partial charge in [0.1, 0.15) is 15.4 Å². The smallest absolute Gasteiger partial charge is 0.280 e. The van der Waals surface area contributed by atoms with E-state index in [0.29, 0.717) is 46.0 Å². The molecule has 0 bridgehead atoms. The van der Waals surface area contributed by atoms with E-state index in [-0.39, 0.29) is 27.8 Å². The van der Waals surface area contributed by atoms with Crippen molar-refractivity contribution in [3.05, 3.63) is 64.7 Å². The van der Waals surface area contributed by atoms with E-state index in [2.05, 4.69) is 20.5 Å². The normalized spacial score (nSPS) is 11.2. The van der Waals surface area contributed by atoms with Gasteiger partial charge in [-0.25, -0.2) is 18.4 Å². The lowest BCUT2D eigenvalue weighted by Gasteiger charge is -2.13. The van der Waals surface area contributed by atoms with Crippen molar-refractivity contribution in [2.45, 2.75) is 33.5 Å². The molecule has 3 N–H and O–H groups in total. The minimum atomic E-state index is -2.87. The van der Waals surface area contributed by atoms with E-state index in [4.69, 9.17) is 19.9 Å². The van der Waals surface area contributed by atoms with Crippen LogP contribution in [-0.2, 0) is 13.3 Å². The van der Waals surface area contributed by atoms with Gasteiger partial charge in [-0.05, 0) is 43.7 Å². The monoisotopic (exact) mass is 611 g/mol. The number of hydrogen-bond acceptors (Lipinski definition) is 9. The number of nitrogens with two attached hydrogens (primary N) is 1. The number of thiophene rings is 1. The molecule has 5 rings (SSSR count). The highest BCUT2D eigenvalue weighted by molar-refractivity contribution is 7.21. The van der Waals surface area contributed by atoms with E-state index in [1.807, 2.05) is 6.92 Å². The Bertz CT molecular complexity index is 1810. The third-order valence-electron chi connectivity index (χ3n) is 6.66. The Morgan fingerprint density at radius 2 is 1.86 bits per heavy atom. The zero-order chi connectivity index (χ0) is 30.8. The number of carbonyl (C=O) groups excluding carboxylic acids is 2. The number of pyridine rings is 1. The topological polar surface area (TPSA) is 148 Å². The molecule has 15 heteroatoms. The summed E-state index contributed by atoms with van der Waals surface area (Å²) in [6.45, 7) is 4.17. The number of nitrogens with zero attached hydrogens (tertiary/aromatic N) is 5. The molecular weight excluding hydrogens is 584 g/mol. The lowest BCUT2D eigenvalue weighted by molar-refractivity contribution is 0.100. The summed E-state index contributed by atoms with van der Waals surface area (Å²) in [6, 6.07) is 7.87. The van der Waals surface area contributed by atoms with Crippen LogP contribution in [0.1, 0.15) is 44.9 Å². The number of carbonyl (C=O) groups is 2. The molecule has 0 saturated carbocycles.